The van der Waals surface area contributed by atoms with Crippen molar-refractivity contribution in [1.29, 1.82) is 0 Å². The van der Waals surface area contributed by atoms with Crippen LogP contribution in [-0.2, 0) is 0 Å². The van der Waals surface area contributed by atoms with Gasteiger partial charge in [-0.25, -0.2) is 4.98 Å². The van der Waals surface area contributed by atoms with Crippen LogP contribution in [0.2, 0.25) is 10.0 Å². The van der Waals surface area contributed by atoms with Crippen LogP contribution in [0.4, 0.5) is 5.82 Å². The molecule has 6 heteroatoms. The van der Waals surface area contributed by atoms with Gasteiger partial charge in [0, 0.05) is 12.7 Å². The Labute approximate surface area is 127 Å². The molecule has 106 valence electrons. The van der Waals surface area contributed by atoms with E-state index in [0.29, 0.717) is 28.2 Å². The maximum atomic E-state index is 9.83. The van der Waals surface area contributed by atoms with Crippen LogP contribution in [0.5, 0.6) is 5.75 Å². The maximum Gasteiger partial charge on any atom is 0.138 e. The van der Waals surface area contributed by atoms with Gasteiger partial charge in [0.05, 0.1) is 10.0 Å². The molecule has 1 heterocycles. The minimum atomic E-state index is -0.677. The third-order valence-corrected chi connectivity index (χ3v) is 3.05. The van der Waals surface area contributed by atoms with Gasteiger partial charge in [-0.15, -0.1) is 0 Å². The number of ether oxygens (including phenoxy) is 1. The number of aromatic nitrogens is 1. The largest absolute Gasteiger partial charge is 0.489 e. The molecule has 0 fully saturated rings. The Morgan fingerprint density at radius 1 is 1.20 bits per heavy atom. The van der Waals surface area contributed by atoms with E-state index in [1.54, 1.807) is 24.3 Å². The van der Waals surface area contributed by atoms with E-state index in [1.807, 2.05) is 12.1 Å². The van der Waals surface area contributed by atoms with Gasteiger partial charge in [0.25, 0.3) is 0 Å². The number of aliphatic hydroxyl groups excluding tert-OH is 1. The second-order valence-electron chi connectivity index (χ2n) is 4.14. The molecule has 0 bridgehead atoms. The molecule has 0 spiro atoms. The second-order valence-corrected chi connectivity index (χ2v) is 4.98. The Bertz CT molecular complexity index is 549. The summed E-state index contributed by atoms with van der Waals surface area (Å²) in [5.41, 5.74) is 0. The number of anilines is 1. The molecule has 2 aromatic rings. The lowest BCUT2D eigenvalue weighted by Gasteiger charge is -2.14. The molecule has 0 radical (unpaired) electrons. The van der Waals surface area contributed by atoms with Gasteiger partial charge in [-0.3, -0.25) is 0 Å². The van der Waals surface area contributed by atoms with Crippen molar-refractivity contribution in [3.63, 3.8) is 0 Å². The predicted octanol–water partition coefficient (Wildman–Crippen LogP) is 3.24. The number of hydrogen-bond acceptors (Lipinski definition) is 4. The topological polar surface area (TPSA) is 54.4 Å². The molecule has 0 aliphatic heterocycles. The molecule has 1 aromatic heterocycles. The van der Waals surface area contributed by atoms with Gasteiger partial charge in [0.2, 0.25) is 0 Å². The van der Waals surface area contributed by atoms with Crippen LogP contribution in [0, 0.1) is 0 Å². The first-order valence-electron chi connectivity index (χ1n) is 6.06. The molecule has 0 aliphatic rings. The number of rotatable bonds is 6. The van der Waals surface area contributed by atoms with Crippen LogP contribution in [-0.4, -0.2) is 29.3 Å². The molecule has 1 aromatic carbocycles. The summed E-state index contributed by atoms with van der Waals surface area (Å²) in [4.78, 5) is 4.07. The Balaban J connectivity index is 1.77. The SMILES string of the molecule is O[C@H](CNc1ccc(Cl)cn1)COc1ccccc1Cl. The quantitative estimate of drug-likeness (QED) is 0.859. The van der Waals surface area contributed by atoms with E-state index in [4.69, 9.17) is 27.9 Å². The fourth-order valence-corrected chi connectivity index (χ4v) is 1.81. The van der Waals surface area contributed by atoms with Gasteiger partial charge in [0.1, 0.15) is 24.3 Å². The summed E-state index contributed by atoms with van der Waals surface area (Å²) in [7, 11) is 0. The number of benzene rings is 1. The third kappa shape index (κ3) is 4.56. The first kappa shape index (κ1) is 14.9. The zero-order valence-electron chi connectivity index (χ0n) is 10.6. The van der Waals surface area contributed by atoms with Crippen LogP contribution in [0.1, 0.15) is 0 Å². The first-order chi connectivity index (χ1) is 9.65. The molecule has 20 heavy (non-hydrogen) atoms. The monoisotopic (exact) mass is 312 g/mol. The van der Waals surface area contributed by atoms with Crippen LogP contribution >= 0.6 is 23.2 Å². The normalized spacial score (nSPS) is 11.9. The minimum Gasteiger partial charge on any atom is -0.489 e. The predicted molar refractivity (Wildman–Crippen MR) is 80.7 cm³/mol. The van der Waals surface area contributed by atoms with Crippen molar-refractivity contribution in [1.82, 2.24) is 4.98 Å². The van der Waals surface area contributed by atoms with Crippen molar-refractivity contribution < 1.29 is 9.84 Å². The van der Waals surface area contributed by atoms with Gasteiger partial charge in [-0.1, -0.05) is 35.3 Å². The van der Waals surface area contributed by atoms with Crippen molar-refractivity contribution >= 4 is 29.0 Å². The average molecular weight is 313 g/mol. The fraction of sp³-hybridized carbons (Fsp3) is 0.214. The maximum absolute atomic E-state index is 9.83. The first-order valence-corrected chi connectivity index (χ1v) is 6.81. The zero-order valence-corrected chi connectivity index (χ0v) is 12.1. The number of hydrogen-bond donors (Lipinski definition) is 2. The highest BCUT2D eigenvalue weighted by Crippen LogP contribution is 2.23. The fourth-order valence-electron chi connectivity index (χ4n) is 1.51. The lowest BCUT2D eigenvalue weighted by molar-refractivity contribution is 0.117. The Morgan fingerprint density at radius 2 is 2.00 bits per heavy atom. The number of nitrogens with zero attached hydrogens (tertiary/aromatic N) is 1. The summed E-state index contributed by atoms with van der Waals surface area (Å²) in [6.45, 7) is 0.462. The number of para-hydroxylation sites is 1. The van der Waals surface area contributed by atoms with Gasteiger partial charge >= 0.3 is 0 Å². The molecule has 0 saturated carbocycles. The molecule has 1 atom stereocenters. The number of nitrogens with one attached hydrogen (secondary N) is 1. The summed E-state index contributed by atoms with van der Waals surface area (Å²) in [5, 5.41) is 13.9. The van der Waals surface area contributed by atoms with Crippen molar-refractivity contribution in [3.8, 4) is 5.75 Å². The summed E-state index contributed by atoms with van der Waals surface area (Å²) in [6.07, 6.45) is 0.861. The Morgan fingerprint density at radius 3 is 2.70 bits per heavy atom. The lowest BCUT2D eigenvalue weighted by atomic mass is 10.3. The Hall–Kier alpha value is -1.49. The Kier molecular flexibility index (Phi) is 5.47. The van der Waals surface area contributed by atoms with E-state index < -0.39 is 6.10 Å². The average Bonchev–Trinajstić information content (AvgIpc) is 2.46. The van der Waals surface area contributed by atoms with E-state index in [2.05, 4.69) is 10.3 Å². The molecule has 0 unspecified atom stereocenters. The van der Waals surface area contributed by atoms with Crippen LogP contribution < -0.4 is 10.1 Å². The molecule has 0 amide bonds. The highest BCUT2D eigenvalue weighted by Gasteiger charge is 2.07. The third-order valence-electron chi connectivity index (χ3n) is 2.51. The minimum absolute atomic E-state index is 0.143. The van der Waals surface area contributed by atoms with Crippen molar-refractivity contribution in [2.24, 2.45) is 0 Å². The smallest absolute Gasteiger partial charge is 0.138 e. The summed E-state index contributed by atoms with van der Waals surface area (Å²) < 4.78 is 5.44. The van der Waals surface area contributed by atoms with Gasteiger partial charge in [-0.05, 0) is 24.3 Å². The molecule has 4 nitrogen and oxygen atoms in total. The van der Waals surface area contributed by atoms with E-state index >= 15 is 0 Å². The van der Waals surface area contributed by atoms with Crippen LogP contribution in [0.15, 0.2) is 42.6 Å². The van der Waals surface area contributed by atoms with Crippen LogP contribution in [0.3, 0.4) is 0 Å². The second kappa shape index (κ2) is 7.33. The highest BCUT2D eigenvalue weighted by atomic mass is 35.5. The van der Waals surface area contributed by atoms with E-state index in [9.17, 15) is 5.11 Å². The van der Waals surface area contributed by atoms with Crippen molar-refractivity contribution in [2.45, 2.75) is 6.10 Å². The molecule has 0 saturated heterocycles. The van der Waals surface area contributed by atoms with Gasteiger partial charge in [0.15, 0.2) is 0 Å². The summed E-state index contributed by atoms with van der Waals surface area (Å²) in [6, 6.07) is 10.6. The van der Waals surface area contributed by atoms with Crippen molar-refractivity contribution in [2.75, 3.05) is 18.5 Å². The molecular formula is C14H14Cl2N2O2. The van der Waals surface area contributed by atoms with E-state index in [1.165, 1.54) is 6.20 Å². The standard InChI is InChI=1S/C14H14Cl2N2O2/c15-10-5-6-14(17-7-10)18-8-11(19)9-20-13-4-2-1-3-12(13)16/h1-7,11,19H,8-9H2,(H,17,18)/t11-/m1/s1. The van der Waals surface area contributed by atoms with Crippen molar-refractivity contribution in [3.05, 3.63) is 52.6 Å². The van der Waals surface area contributed by atoms with Gasteiger partial charge in [-0.2, -0.15) is 0 Å². The van der Waals surface area contributed by atoms with Crippen LogP contribution in [0.25, 0.3) is 0 Å². The van der Waals surface area contributed by atoms with Gasteiger partial charge < -0.3 is 15.2 Å². The molecule has 2 rings (SSSR count). The molecule has 2 N–H and O–H groups in total. The van der Waals surface area contributed by atoms with E-state index in [0.717, 1.165) is 0 Å². The number of pyridine rings is 1. The highest BCUT2D eigenvalue weighted by molar-refractivity contribution is 6.32. The zero-order chi connectivity index (χ0) is 14.4. The summed E-state index contributed by atoms with van der Waals surface area (Å²) in [5.74, 6) is 1.20. The summed E-state index contributed by atoms with van der Waals surface area (Å²) >= 11 is 11.7. The number of aliphatic hydroxyl groups is 1. The lowest BCUT2D eigenvalue weighted by Crippen LogP contribution is -2.26. The number of halogens is 2. The molecule has 0 aliphatic carbocycles. The molecular weight excluding hydrogens is 299 g/mol. The van der Waals surface area contributed by atoms with E-state index in [-0.39, 0.29) is 6.61 Å².